The van der Waals surface area contributed by atoms with E-state index < -0.39 is 0 Å². The summed E-state index contributed by atoms with van der Waals surface area (Å²) >= 11 is 0. The Morgan fingerprint density at radius 1 is 1.10 bits per heavy atom. The number of nitrogens with zero attached hydrogens (tertiary/aromatic N) is 2. The zero-order valence-corrected chi connectivity index (χ0v) is 18.0. The SMILES string of the molecule is O=C(NC[C@H]1CN(CC2CCN(CC3CC3)CC2)C(=O)CO1)c1ccc2cc[nH]c2c1. The van der Waals surface area contributed by atoms with Crippen molar-refractivity contribution in [2.24, 2.45) is 11.8 Å². The Morgan fingerprint density at radius 3 is 2.71 bits per heavy atom. The number of carbonyl (C=O) groups excluding carboxylic acids is 2. The Morgan fingerprint density at radius 2 is 1.90 bits per heavy atom. The van der Waals surface area contributed by atoms with Gasteiger partial charge in [-0.2, -0.15) is 0 Å². The van der Waals surface area contributed by atoms with Crippen molar-refractivity contribution in [1.82, 2.24) is 20.1 Å². The smallest absolute Gasteiger partial charge is 0.251 e. The van der Waals surface area contributed by atoms with Crippen molar-refractivity contribution in [3.63, 3.8) is 0 Å². The normalized spacial score (nSPS) is 23.4. The summed E-state index contributed by atoms with van der Waals surface area (Å²) in [5.74, 6) is 1.46. The van der Waals surface area contributed by atoms with E-state index in [1.54, 1.807) is 0 Å². The lowest BCUT2D eigenvalue weighted by atomic mass is 9.95. The van der Waals surface area contributed by atoms with Gasteiger partial charge in [0.05, 0.1) is 6.10 Å². The molecule has 0 unspecified atom stereocenters. The molecule has 1 saturated carbocycles. The van der Waals surface area contributed by atoms with Gasteiger partial charge in [-0.05, 0) is 74.2 Å². The van der Waals surface area contributed by atoms with E-state index in [4.69, 9.17) is 4.74 Å². The molecule has 3 aliphatic rings. The molecule has 0 bridgehead atoms. The van der Waals surface area contributed by atoms with E-state index >= 15 is 0 Å². The van der Waals surface area contributed by atoms with Crippen LogP contribution in [0, 0.1) is 11.8 Å². The number of H-pyrrole nitrogens is 1. The first-order valence-corrected chi connectivity index (χ1v) is 11.6. The van der Waals surface area contributed by atoms with E-state index in [9.17, 15) is 9.59 Å². The van der Waals surface area contributed by atoms with E-state index in [-0.39, 0.29) is 24.5 Å². The minimum absolute atomic E-state index is 0.0696. The van der Waals surface area contributed by atoms with Crippen LogP contribution in [0.3, 0.4) is 0 Å². The highest BCUT2D eigenvalue weighted by molar-refractivity contribution is 5.97. The standard InChI is InChI=1S/C24H32N4O3/c29-23-16-31-21(12-26-24(30)20-4-3-19-5-8-25-22(19)11-20)15-28(23)14-18-6-9-27(10-7-18)13-17-1-2-17/h3-5,8,11,17-18,21,25H,1-2,6-7,9-10,12-16H2,(H,26,30)/t21-/m0/s1. The first-order chi connectivity index (χ1) is 15.1. The van der Waals surface area contributed by atoms with Crippen LogP contribution in [0.5, 0.6) is 0 Å². The van der Waals surface area contributed by atoms with Crippen LogP contribution in [0.15, 0.2) is 30.5 Å². The number of fused-ring (bicyclic) bond motifs is 1. The Labute approximate surface area is 183 Å². The topological polar surface area (TPSA) is 77.7 Å². The molecule has 2 aliphatic heterocycles. The number of hydrogen-bond acceptors (Lipinski definition) is 4. The lowest BCUT2D eigenvalue weighted by molar-refractivity contribution is -0.149. The number of carbonyl (C=O) groups is 2. The molecule has 1 atom stereocenters. The fraction of sp³-hybridized carbons (Fsp3) is 0.583. The minimum Gasteiger partial charge on any atom is -0.365 e. The van der Waals surface area contributed by atoms with E-state index in [2.05, 4.69) is 15.2 Å². The maximum absolute atomic E-state index is 12.6. The van der Waals surface area contributed by atoms with Crippen LogP contribution >= 0.6 is 0 Å². The number of hydrogen-bond donors (Lipinski definition) is 2. The molecule has 3 heterocycles. The minimum atomic E-state index is -0.161. The summed E-state index contributed by atoms with van der Waals surface area (Å²) in [6.45, 7) is 5.46. The van der Waals surface area contributed by atoms with Gasteiger partial charge in [0.25, 0.3) is 5.91 Å². The van der Waals surface area contributed by atoms with Crippen molar-refractivity contribution < 1.29 is 14.3 Å². The summed E-state index contributed by atoms with van der Waals surface area (Å²) in [5.41, 5.74) is 1.57. The average Bonchev–Trinajstić information content (AvgIpc) is 3.47. The molecular formula is C24H32N4O3. The zero-order chi connectivity index (χ0) is 21.2. The summed E-state index contributed by atoms with van der Waals surface area (Å²) in [6, 6.07) is 7.61. The summed E-state index contributed by atoms with van der Waals surface area (Å²) in [5, 5.41) is 4.06. The fourth-order valence-corrected chi connectivity index (χ4v) is 4.81. The molecule has 31 heavy (non-hydrogen) atoms. The zero-order valence-electron chi connectivity index (χ0n) is 18.0. The van der Waals surface area contributed by atoms with E-state index in [0.717, 1.165) is 36.5 Å². The maximum Gasteiger partial charge on any atom is 0.251 e. The molecule has 7 nitrogen and oxygen atoms in total. The van der Waals surface area contributed by atoms with Crippen LogP contribution in [0.2, 0.25) is 0 Å². The molecular weight excluding hydrogens is 392 g/mol. The van der Waals surface area contributed by atoms with Crippen molar-refractivity contribution in [1.29, 1.82) is 0 Å². The number of aromatic nitrogens is 1. The number of likely N-dealkylation sites (tertiary alicyclic amines) is 1. The van der Waals surface area contributed by atoms with Crippen molar-refractivity contribution in [3.05, 3.63) is 36.0 Å². The summed E-state index contributed by atoms with van der Waals surface area (Å²) in [7, 11) is 0. The Hall–Kier alpha value is -2.38. The largest absolute Gasteiger partial charge is 0.365 e. The van der Waals surface area contributed by atoms with E-state index in [1.165, 1.54) is 32.2 Å². The maximum atomic E-state index is 12.6. The number of piperidine rings is 1. The lowest BCUT2D eigenvalue weighted by Gasteiger charge is -2.38. The lowest BCUT2D eigenvalue weighted by Crippen LogP contribution is -2.52. The third-order valence-corrected chi connectivity index (χ3v) is 6.93. The third kappa shape index (κ3) is 5.10. The molecule has 5 rings (SSSR count). The van der Waals surface area contributed by atoms with Gasteiger partial charge in [-0.25, -0.2) is 0 Å². The highest BCUT2D eigenvalue weighted by Crippen LogP contribution is 2.31. The number of morpholine rings is 1. The van der Waals surface area contributed by atoms with Gasteiger partial charge in [0.2, 0.25) is 5.91 Å². The molecule has 2 saturated heterocycles. The molecule has 2 amide bonds. The second-order valence-electron chi connectivity index (χ2n) is 9.41. The molecule has 166 valence electrons. The first kappa shape index (κ1) is 20.5. The van der Waals surface area contributed by atoms with Crippen molar-refractivity contribution in [3.8, 4) is 0 Å². The van der Waals surface area contributed by atoms with E-state index in [0.29, 0.717) is 24.6 Å². The predicted molar refractivity (Wildman–Crippen MR) is 119 cm³/mol. The summed E-state index contributed by atoms with van der Waals surface area (Å²) in [6.07, 6.45) is 6.84. The first-order valence-electron chi connectivity index (χ1n) is 11.6. The molecule has 0 radical (unpaired) electrons. The highest BCUT2D eigenvalue weighted by Gasteiger charge is 2.31. The van der Waals surface area contributed by atoms with Gasteiger partial charge in [-0.1, -0.05) is 6.07 Å². The number of benzene rings is 1. The second kappa shape index (κ2) is 9.01. The Balaban J connectivity index is 1.09. The fourth-order valence-electron chi connectivity index (χ4n) is 4.81. The number of amides is 2. The van der Waals surface area contributed by atoms with Gasteiger partial charge < -0.3 is 24.8 Å². The van der Waals surface area contributed by atoms with Crippen LogP contribution < -0.4 is 5.32 Å². The van der Waals surface area contributed by atoms with Crippen molar-refractivity contribution in [2.45, 2.75) is 31.8 Å². The average molecular weight is 425 g/mol. The molecule has 1 aromatic heterocycles. The summed E-state index contributed by atoms with van der Waals surface area (Å²) in [4.78, 5) is 32.6. The number of rotatable bonds is 7. The van der Waals surface area contributed by atoms with Gasteiger partial charge in [-0.3, -0.25) is 9.59 Å². The van der Waals surface area contributed by atoms with Crippen LogP contribution in [-0.2, 0) is 9.53 Å². The van der Waals surface area contributed by atoms with Gasteiger partial charge in [0.1, 0.15) is 6.61 Å². The number of ether oxygens (including phenoxy) is 1. The third-order valence-electron chi connectivity index (χ3n) is 6.93. The monoisotopic (exact) mass is 424 g/mol. The van der Waals surface area contributed by atoms with Crippen LogP contribution in [0.1, 0.15) is 36.0 Å². The molecule has 1 aromatic carbocycles. The predicted octanol–water partition coefficient (Wildman–Crippen LogP) is 2.25. The Kier molecular flexibility index (Phi) is 5.96. The molecule has 0 spiro atoms. The Bertz CT molecular complexity index is 930. The quantitative estimate of drug-likeness (QED) is 0.715. The number of aromatic amines is 1. The molecule has 3 fully saturated rings. The second-order valence-corrected chi connectivity index (χ2v) is 9.41. The van der Waals surface area contributed by atoms with Gasteiger partial charge in [0, 0.05) is 43.5 Å². The molecule has 1 aliphatic carbocycles. The van der Waals surface area contributed by atoms with Crippen molar-refractivity contribution in [2.75, 3.05) is 45.9 Å². The van der Waals surface area contributed by atoms with Gasteiger partial charge in [0.15, 0.2) is 0 Å². The molecule has 2 N–H and O–H groups in total. The molecule has 7 heteroatoms. The van der Waals surface area contributed by atoms with Crippen LogP contribution in [-0.4, -0.2) is 78.6 Å². The summed E-state index contributed by atoms with van der Waals surface area (Å²) < 4.78 is 5.70. The molecule has 2 aromatic rings. The number of nitrogens with one attached hydrogen (secondary N) is 2. The van der Waals surface area contributed by atoms with Gasteiger partial charge in [-0.15, -0.1) is 0 Å². The van der Waals surface area contributed by atoms with Gasteiger partial charge >= 0.3 is 0 Å². The highest BCUT2D eigenvalue weighted by atomic mass is 16.5. The van der Waals surface area contributed by atoms with Crippen LogP contribution in [0.4, 0.5) is 0 Å². The van der Waals surface area contributed by atoms with E-state index in [1.807, 2.05) is 35.4 Å². The van der Waals surface area contributed by atoms with Crippen LogP contribution in [0.25, 0.3) is 10.9 Å². The van der Waals surface area contributed by atoms with Crippen molar-refractivity contribution >= 4 is 22.7 Å².